The van der Waals surface area contributed by atoms with Gasteiger partial charge in [0, 0.05) is 24.1 Å². The molecule has 0 atom stereocenters. The summed E-state index contributed by atoms with van der Waals surface area (Å²) in [6.45, 7) is 5.98. The van der Waals surface area contributed by atoms with Crippen LogP contribution in [0.2, 0.25) is 0 Å². The molecular formula is C26H36B3N9O5. The zero-order valence-electron chi connectivity index (χ0n) is 25.6. The summed E-state index contributed by atoms with van der Waals surface area (Å²) in [6, 6.07) is 7.00. The van der Waals surface area contributed by atoms with Crippen LogP contribution >= 0.6 is 0 Å². The molecule has 0 radical (unpaired) electrons. The smallest absolute Gasteiger partial charge is 0.407 e. The van der Waals surface area contributed by atoms with Crippen molar-refractivity contribution in [1.82, 2.24) is 35.8 Å². The second-order valence-electron chi connectivity index (χ2n) is 12.2. The molecule has 2 heterocycles. The first-order valence-electron chi connectivity index (χ1n) is 14.0. The van der Waals surface area contributed by atoms with Gasteiger partial charge in [0.2, 0.25) is 5.91 Å². The van der Waals surface area contributed by atoms with Crippen molar-refractivity contribution in [2.24, 2.45) is 5.92 Å². The van der Waals surface area contributed by atoms with Gasteiger partial charge in [-0.3, -0.25) is 9.59 Å². The largest absolute Gasteiger partial charge is 0.494 e. The van der Waals surface area contributed by atoms with E-state index in [1.54, 1.807) is 39.1 Å². The first-order valence-corrected chi connectivity index (χ1v) is 14.0. The Balaban J connectivity index is 1.57. The number of ether oxygens (including phenoxy) is 2. The van der Waals surface area contributed by atoms with Crippen molar-refractivity contribution in [1.29, 1.82) is 0 Å². The predicted molar refractivity (Wildman–Crippen MR) is 169 cm³/mol. The van der Waals surface area contributed by atoms with Gasteiger partial charge in [-0.25, -0.2) is 4.79 Å². The molecule has 3 aromatic rings. The molecule has 17 heteroatoms. The lowest BCUT2D eigenvalue weighted by Gasteiger charge is -2.22. The Bertz CT molecular complexity index is 1500. The zero-order chi connectivity index (χ0) is 31.4. The summed E-state index contributed by atoms with van der Waals surface area (Å²) in [7, 11) is 7.12. The lowest BCUT2D eigenvalue weighted by atomic mass is 9.49. The molecule has 3 amide bonds. The van der Waals surface area contributed by atoms with Gasteiger partial charge in [-0.05, 0) is 51.0 Å². The Morgan fingerprint density at radius 3 is 2.49 bits per heavy atom. The standard InChI is InChI=1S/C26H36B3N9O5/c1-25(2,3)43-24(41)30-10-11-38-31-13-18(37-38)15-6-5-7-16(21(15)42-4)32-17-12-19(33-22(39)14-8-9-14)35-36-20(17)23(40)34-26(27,28)29/h5-7,12-14H,8-11,27-29H2,1-4H3,(H,30,41)(H,34,40)(H2,32,33,35,39). The lowest BCUT2D eigenvalue weighted by molar-refractivity contribution is -0.117. The molecule has 0 spiro atoms. The molecule has 2 aromatic heterocycles. The number of methoxy groups -OCH3 is 1. The fourth-order valence-corrected chi connectivity index (χ4v) is 3.99. The van der Waals surface area contributed by atoms with Crippen molar-refractivity contribution in [3.63, 3.8) is 0 Å². The number of anilines is 3. The van der Waals surface area contributed by atoms with E-state index in [0.29, 0.717) is 34.9 Å². The topological polar surface area (TPSA) is 174 Å². The van der Waals surface area contributed by atoms with E-state index in [2.05, 4.69) is 41.7 Å². The third-order valence-electron chi connectivity index (χ3n) is 5.98. The van der Waals surface area contributed by atoms with Crippen LogP contribution in [0.25, 0.3) is 11.3 Å². The van der Waals surface area contributed by atoms with E-state index in [1.165, 1.54) is 11.9 Å². The predicted octanol–water partition coefficient (Wildman–Crippen LogP) is -0.399. The second-order valence-corrected chi connectivity index (χ2v) is 12.2. The Morgan fingerprint density at radius 2 is 1.84 bits per heavy atom. The number of carbonyl (C=O) groups is 3. The number of aromatic nitrogens is 5. The number of benzene rings is 1. The van der Waals surface area contributed by atoms with Crippen LogP contribution in [0.5, 0.6) is 5.75 Å². The van der Waals surface area contributed by atoms with Crippen molar-refractivity contribution in [2.45, 2.75) is 51.0 Å². The van der Waals surface area contributed by atoms with Crippen LogP contribution in [0.1, 0.15) is 44.1 Å². The molecule has 14 nitrogen and oxygen atoms in total. The molecule has 4 N–H and O–H groups in total. The SMILES string of the molecule is BC(B)(B)NC(=O)c1nnc(NC(=O)C2CC2)cc1Nc1cccc(-c2cnn(CCNC(=O)OC(C)(C)C)n2)c1OC. The monoisotopic (exact) mass is 587 g/mol. The Hall–Kier alpha value is -4.56. The summed E-state index contributed by atoms with van der Waals surface area (Å²) < 4.78 is 11.0. The normalized spacial score (nSPS) is 13.1. The second kappa shape index (κ2) is 12.8. The summed E-state index contributed by atoms with van der Waals surface area (Å²) in [5.41, 5.74) is 1.49. The molecule has 43 heavy (non-hydrogen) atoms. The van der Waals surface area contributed by atoms with Gasteiger partial charge in [0.15, 0.2) is 17.3 Å². The molecule has 4 rings (SSSR count). The Kier molecular flexibility index (Phi) is 9.31. The fourth-order valence-electron chi connectivity index (χ4n) is 3.99. The van der Waals surface area contributed by atoms with E-state index >= 15 is 0 Å². The minimum Gasteiger partial charge on any atom is -0.494 e. The maximum Gasteiger partial charge on any atom is 0.407 e. The lowest BCUT2D eigenvalue weighted by Crippen LogP contribution is -2.50. The molecule has 1 aromatic carbocycles. The molecule has 0 saturated heterocycles. The number of carbonyl (C=O) groups excluding carboxylic acids is 3. The van der Waals surface area contributed by atoms with Gasteiger partial charge in [0.25, 0.3) is 5.91 Å². The number of para-hydroxylation sites is 1. The highest BCUT2D eigenvalue weighted by Gasteiger charge is 2.30. The summed E-state index contributed by atoms with van der Waals surface area (Å²) in [6.07, 6.45) is 2.75. The fraction of sp³-hybridized carbons (Fsp3) is 0.423. The van der Waals surface area contributed by atoms with Gasteiger partial charge < -0.3 is 30.7 Å². The maximum absolute atomic E-state index is 13.1. The van der Waals surface area contributed by atoms with E-state index in [-0.39, 0.29) is 29.9 Å². The molecule has 0 unspecified atom stereocenters. The van der Waals surface area contributed by atoms with E-state index in [9.17, 15) is 14.4 Å². The summed E-state index contributed by atoms with van der Waals surface area (Å²) in [5, 5.41) is 28.2. The highest BCUT2D eigenvalue weighted by Crippen LogP contribution is 2.38. The molecular weight excluding hydrogens is 551 g/mol. The van der Waals surface area contributed by atoms with Gasteiger partial charge in [-0.1, -0.05) is 6.07 Å². The molecule has 224 valence electrons. The van der Waals surface area contributed by atoms with Crippen LogP contribution in [0.15, 0.2) is 30.5 Å². The summed E-state index contributed by atoms with van der Waals surface area (Å²) in [5.74, 6) is 0.0887. The van der Waals surface area contributed by atoms with Gasteiger partial charge in [0.05, 0.1) is 31.2 Å². The van der Waals surface area contributed by atoms with Crippen LogP contribution in [0.3, 0.4) is 0 Å². The third-order valence-corrected chi connectivity index (χ3v) is 5.98. The van der Waals surface area contributed by atoms with E-state index < -0.39 is 22.8 Å². The summed E-state index contributed by atoms with van der Waals surface area (Å²) >= 11 is 0. The molecule has 0 aliphatic heterocycles. The van der Waals surface area contributed by atoms with E-state index in [4.69, 9.17) is 9.47 Å². The maximum atomic E-state index is 13.1. The molecule has 1 aliphatic rings. The van der Waals surface area contributed by atoms with Gasteiger partial charge >= 0.3 is 6.09 Å². The minimum absolute atomic E-state index is 0.0274. The Labute approximate surface area is 252 Å². The van der Waals surface area contributed by atoms with Crippen molar-refractivity contribution >= 4 is 58.6 Å². The average Bonchev–Trinajstić information content (AvgIpc) is 3.65. The van der Waals surface area contributed by atoms with Gasteiger partial charge in [-0.2, -0.15) is 15.0 Å². The number of rotatable bonds is 11. The number of amides is 3. The highest BCUT2D eigenvalue weighted by molar-refractivity contribution is 6.60. The summed E-state index contributed by atoms with van der Waals surface area (Å²) in [4.78, 5) is 38.9. The van der Waals surface area contributed by atoms with Crippen molar-refractivity contribution in [3.05, 3.63) is 36.2 Å². The van der Waals surface area contributed by atoms with Crippen LogP contribution in [0, 0.1) is 5.92 Å². The third kappa shape index (κ3) is 8.96. The van der Waals surface area contributed by atoms with Gasteiger partial charge in [-0.15, -0.1) is 10.2 Å². The van der Waals surface area contributed by atoms with Crippen LogP contribution in [0.4, 0.5) is 22.0 Å². The van der Waals surface area contributed by atoms with E-state index in [1.807, 2.05) is 35.7 Å². The molecule has 1 fully saturated rings. The van der Waals surface area contributed by atoms with Crippen LogP contribution in [-0.4, -0.2) is 91.1 Å². The van der Waals surface area contributed by atoms with Crippen LogP contribution < -0.4 is 26.0 Å². The highest BCUT2D eigenvalue weighted by atomic mass is 16.6. The quantitative estimate of drug-likeness (QED) is 0.216. The van der Waals surface area contributed by atoms with Crippen LogP contribution in [-0.2, 0) is 16.1 Å². The first-order chi connectivity index (χ1) is 20.2. The zero-order valence-corrected chi connectivity index (χ0v) is 25.6. The number of hydrogen-bond acceptors (Lipinski definition) is 10. The number of hydrogen-bond donors (Lipinski definition) is 4. The average molecular weight is 587 g/mol. The van der Waals surface area contributed by atoms with Crippen molar-refractivity contribution in [2.75, 3.05) is 24.3 Å². The van der Waals surface area contributed by atoms with Gasteiger partial charge in [0.1, 0.15) is 34.8 Å². The number of nitrogens with one attached hydrogen (secondary N) is 4. The number of nitrogens with zero attached hydrogens (tertiary/aromatic N) is 5. The molecule has 1 saturated carbocycles. The molecule has 0 bridgehead atoms. The first kappa shape index (κ1) is 31.4. The van der Waals surface area contributed by atoms with Crippen molar-refractivity contribution < 1.29 is 23.9 Å². The molecule has 1 aliphatic carbocycles. The number of alkyl carbamates (subject to hydrolysis) is 1. The Morgan fingerprint density at radius 1 is 1.09 bits per heavy atom. The van der Waals surface area contributed by atoms with E-state index in [0.717, 1.165) is 12.8 Å². The van der Waals surface area contributed by atoms with Crippen molar-refractivity contribution in [3.8, 4) is 17.0 Å². The minimum atomic E-state index is -0.591.